The minimum Gasteiger partial charge on any atom is -0.476 e. The highest BCUT2D eigenvalue weighted by molar-refractivity contribution is 5.86. The van der Waals surface area contributed by atoms with Gasteiger partial charge < -0.3 is 5.11 Å². The number of halogens is 3. The molecule has 0 radical (unpaired) electrons. The zero-order valence-electron chi connectivity index (χ0n) is 8.90. The second-order valence-electron chi connectivity index (χ2n) is 4.06. The van der Waals surface area contributed by atoms with Crippen LogP contribution in [0.5, 0.6) is 0 Å². The summed E-state index contributed by atoms with van der Waals surface area (Å²) >= 11 is 0. The molecule has 1 aliphatic carbocycles. The molecule has 1 aromatic heterocycles. The predicted octanol–water partition coefficient (Wildman–Crippen LogP) is 1.98. The number of hydrogen-bond donors (Lipinski definition) is 1. The smallest absolute Gasteiger partial charge is 0.410 e. The number of hydrogen-bond acceptors (Lipinski definition) is 3. The van der Waals surface area contributed by atoms with Gasteiger partial charge in [-0.1, -0.05) is 5.21 Å². The number of rotatable bonds is 3. The van der Waals surface area contributed by atoms with E-state index in [1.54, 1.807) is 0 Å². The average molecular weight is 249 g/mol. The van der Waals surface area contributed by atoms with Crippen molar-refractivity contribution in [1.82, 2.24) is 15.0 Å². The van der Waals surface area contributed by atoms with Crippen LogP contribution in [0.3, 0.4) is 0 Å². The zero-order chi connectivity index (χ0) is 12.8. The summed E-state index contributed by atoms with van der Waals surface area (Å²) in [4.78, 5) is 10.8. The SMILES string of the molecule is CC(n1nnc(C(=O)O)c1C1CC1)C(F)(F)F. The van der Waals surface area contributed by atoms with E-state index in [1.807, 2.05) is 0 Å². The van der Waals surface area contributed by atoms with E-state index in [-0.39, 0.29) is 17.3 Å². The van der Waals surface area contributed by atoms with E-state index in [2.05, 4.69) is 10.3 Å². The lowest BCUT2D eigenvalue weighted by atomic mass is 10.2. The Morgan fingerprint density at radius 2 is 2.12 bits per heavy atom. The van der Waals surface area contributed by atoms with Gasteiger partial charge in [0.05, 0.1) is 5.69 Å². The summed E-state index contributed by atoms with van der Waals surface area (Å²) in [6.07, 6.45) is -3.11. The third kappa shape index (κ3) is 2.11. The number of carboxylic acid groups (broad SMARTS) is 1. The van der Waals surface area contributed by atoms with Crippen LogP contribution in [-0.4, -0.2) is 32.2 Å². The molecule has 0 spiro atoms. The van der Waals surface area contributed by atoms with Gasteiger partial charge in [0.2, 0.25) is 0 Å². The fourth-order valence-corrected chi connectivity index (χ4v) is 1.62. The van der Waals surface area contributed by atoms with Crippen molar-refractivity contribution in [1.29, 1.82) is 0 Å². The number of alkyl halides is 3. The van der Waals surface area contributed by atoms with Crippen molar-refractivity contribution in [2.75, 3.05) is 0 Å². The highest BCUT2D eigenvalue weighted by Crippen LogP contribution is 2.43. The Morgan fingerprint density at radius 1 is 1.53 bits per heavy atom. The molecule has 1 atom stereocenters. The summed E-state index contributed by atoms with van der Waals surface area (Å²) in [6, 6.07) is -1.86. The van der Waals surface area contributed by atoms with Crippen LogP contribution in [0.1, 0.15) is 47.9 Å². The summed E-state index contributed by atoms with van der Waals surface area (Å²) in [6.45, 7) is 0.937. The Kier molecular flexibility index (Phi) is 2.59. The molecule has 1 aromatic rings. The Hall–Kier alpha value is -1.60. The number of carbonyl (C=O) groups is 1. The van der Waals surface area contributed by atoms with Gasteiger partial charge in [0.15, 0.2) is 5.69 Å². The van der Waals surface area contributed by atoms with Gasteiger partial charge >= 0.3 is 12.1 Å². The fraction of sp³-hybridized carbons (Fsp3) is 0.667. The minimum absolute atomic E-state index is 0.0855. The van der Waals surface area contributed by atoms with Crippen molar-refractivity contribution < 1.29 is 23.1 Å². The Morgan fingerprint density at radius 3 is 2.53 bits per heavy atom. The molecular weight excluding hydrogens is 239 g/mol. The third-order valence-corrected chi connectivity index (χ3v) is 2.74. The minimum atomic E-state index is -4.47. The predicted molar refractivity (Wildman–Crippen MR) is 49.7 cm³/mol. The third-order valence-electron chi connectivity index (χ3n) is 2.74. The summed E-state index contributed by atoms with van der Waals surface area (Å²) < 4.78 is 38.4. The van der Waals surface area contributed by atoms with E-state index in [9.17, 15) is 18.0 Å². The standard InChI is InChI=1S/C9H10F3N3O2/c1-4(9(10,11)12)15-7(5-2-3-5)6(8(16)17)13-14-15/h4-5H,2-3H2,1H3,(H,16,17). The first-order chi connectivity index (χ1) is 7.82. The lowest BCUT2D eigenvalue weighted by Gasteiger charge is -2.17. The fourth-order valence-electron chi connectivity index (χ4n) is 1.62. The van der Waals surface area contributed by atoms with Gasteiger partial charge in [0, 0.05) is 5.92 Å². The summed E-state index contributed by atoms with van der Waals surface area (Å²) in [7, 11) is 0. The first kappa shape index (κ1) is 11.9. The van der Waals surface area contributed by atoms with Gasteiger partial charge in [0.1, 0.15) is 6.04 Å². The van der Waals surface area contributed by atoms with Crippen molar-refractivity contribution in [3.8, 4) is 0 Å². The maximum atomic E-state index is 12.6. The lowest BCUT2D eigenvalue weighted by Crippen LogP contribution is -2.26. The van der Waals surface area contributed by atoms with Gasteiger partial charge in [-0.2, -0.15) is 13.2 Å². The van der Waals surface area contributed by atoms with Crippen LogP contribution < -0.4 is 0 Å². The van der Waals surface area contributed by atoms with Crippen LogP contribution in [0, 0.1) is 0 Å². The molecule has 0 aromatic carbocycles. The molecule has 1 fully saturated rings. The van der Waals surface area contributed by atoms with Crippen molar-refractivity contribution in [2.24, 2.45) is 0 Å². The molecule has 17 heavy (non-hydrogen) atoms. The quantitative estimate of drug-likeness (QED) is 0.889. The molecule has 0 bridgehead atoms. The molecule has 0 aliphatic heterocycles. The van der Waals surface area contributed by atoms with Gasteiger partial charge in [-0.05, 0) is 19.8 Å². The van der Waals surface area contributed by atoms with Crippen molar-refractivity contribution in [2.45, 2.75) is 37.9 Å². The highest BCUT2D eigenvalue weighted by Gasteiger charge is 2.43. The molecule has 1 unspecified atom stereocenters. The van der Waals surface area contributed by atoms with E-state index in [4.69, 9.17) is 5.11 Å². The first-order valence-corrected chi connectivity index (χ1v) is 5.07. The van der Waals surface area contributed by atoms with Crippen LogP contribution in [0.25, 0.3) is 0 Å². The number of carboxylic acids is 1. The second-order valence-corrected chi connectivity index (χ2v) is 4.06. The van der Waals surface area contributed by atoms with E-state index in [0.717, 1.165) is 6.92 Å². The van der Waals surface area contributed by atoms with Gasteiger partial charge in [-0.3, -0.25) is 0 Å². The van der Waals surface area contributed by atoms with Crippen molar-refractivity contribution in [3.63, 3.8) is 0 Å². The molecule has 5 nitrogen and oxygen atoms in total. The van der Waals surface area contributed by atoms with E-state index in [0.29, 0.717) is 17.5 Å². The molecule has 8 heteroatoms. The summed E-state index contributed by atoms with van der Waals surface area (Å²) in [5.41, 5.74) is -0.286. The van der Waals surface area contributed by atoms with Gasteiger partial charge in [-0.25, -0.2) is 9.48 Å². The molecule has 0 amide bonds. The van der Waals surface area contributed by atoms with Crippen LogP contribution in [-0.2, 0) is 0 Å². The molecule has 1 saturated carbocycles. The molecule has 94 valence electrons. The normalized spacial score (nSPS) is 18.1. The Labute approximate surface area is 94.2 Å². The molecule has 0 saturated heterocycles. The van der Waals surface area contributed by atoms with Crippen LogP contribution >= 0.6 is 0 Å². The van der Waals surface area contributed by atoms with Crippen LogP contribution in [0.2, 0.25) is 0 Å². The number of nitrogens with zero attached hydrogens (tertiary/aromatic N) is 3. The van der Waals surface area contributed by atoms with Crippen LogP contribution in [0.15, 0.2) is 0 Å². The van der Waals surface area contributed by atoms with Crippen LogP contribution in [0.4, 0.5) is 13.2 Å². The molecular formula is C9H10F3N3O2. The number of aromatic nitrogens is 3. The van der Waals surface area contributed by atoms with Gasteiger partial charge in [-0.15, -0.1) is 5.10 Å². The Balaban J connectivity index is 2.44. The van der Waals surface area contributed by atoms with Gasteiger partial charge in [0.25, 0.3) is 0 Å². The Bertz CT molecular complexity index is 451. The van der Waals surface area contributed by atoms with Crippen molar-refractivity contribution in [3.05, 3.63) is 11.4 Å². The molecule has 2 rings (SSSR count). The maximum absolute atomic E-state index is 12.6. The maximum Gasteiger partial charge on any atom is 0.410 e. The largest absolute Gasteiger partial charge is 0.476 e. The first-order valence-electron chi connectivity index (χ1n) is 5.07. The molecule has 1 N–H and O–H groups in total. The van der Waals surface area contributed by atoms with E-state index >= 15 is 0 Å². The van der Waals surface area contributed by atoms with Crippen molar-refractivity contribution >= 4 is 5.97 Å². The zero-order valence-corrected chi connectivity index (χ0v) is 8.90. The van der Waals surface area contributed by atoms with E-state index < -0.39 is 18.2 Å². The number of aromatic carboxylic acids is 1. The lowest BCUT2D eigenvalue weighted by molar-refractivity contribution is -0.166. The molecule has 1 heterocycles. The monoisotopic (exact) mass is 249 g/mol. The molecule has 1 aliphatic rings. The van der Waals surface area contributed by atoms with E-state index in [1.165, 1.54) is 0 Å². The second kappa shape index (κ2) is 3.71. The summed E-state index contributed by atoms with van der Waals surface area (Å²) in [5.74, 6) is -1.51. The average Bonchev–Trinajstić information content (AvgIpc) is 2.94. The summed E-state index contributed by atoms with van der Waals surface area (Å²) in [5, 5.41) is 15.5. The highest BCUT2D eigenvalue weighted by atomic mass is 19.4. The topological polar surface area (TPSA) is 68.0 Å².